The lowest BCUT2D eigenvalue weighted by atomic mass is 9.92. The van der Waals surface area contributed by atoms with Crippen LogP contribution in [0.15, 0.2) is 42.5 Å². The Balaban J connectivity index is 2.09. The molecule has 3 aromatic rings. The molecule has 0 unspecified atom stereocenters. The summed E-state index contributed by atoms with van der Waals surface area (Å²) < 4.78 is 0. The molecule has 3 aromatic carbocycles. The highest BCUT2D eigenvalue weighted by molar-refractivity contribution is 5.92. The Morgan fingerprint density at radius 2 is 1.31 bits per heavy atom. The molecule has 0 aliphatic rings. The number of aromatic hydroxyl groups is 2. The highest BCUT2D eigenvalue weighted by Gasteiger charge is 2.13. The van der Waals surface area contributed by atoms with Crippen molar-refractivity contribution in [3.63, 3.8) is 0 Å². The van der Waals surface area contributed by atoms with Gasteiger partial charge in [0.25, 0.3) is 0 Å². The molecule has 0 aromatic heterocycles. The van der Waals surface area contributed by atoms with Crippen LogP contribution in [0.5, 0.6) is 11.5 Å². The molecular weight excluding hydrogens is 320 g/mol. The molecule has 3 rings (SSSR count). The zero-order chi connectivity index (χ0) is 18.7. The predicted octanol–water partition coefficient (Wildman–Crippen LogP) is 6.06. The molecule has 0 fully saturated rings. The van der Waals surface area contributed by atoms with E-state index in [2.05, 4.69) is 38.1 Å². The van der Waals surface area contributed by atoms with E-state index in [9.17, 15) is 10.2 Å². The van der Waals surface area contributed by atoms with Gasteiger partial charge in [-0.3, -0.25) is 0 Å². The zero-order valence-electron chi connectivity index (χ0n) is 16.0. The highest BCUT2D eigenvalue weighted by Crippen LogP contribution is 2.34. The van der Waals surface area contributed by atoms with Crippen LogP contribution < -0.4 is 0 Å². The van der Waals surface area contributed by atoms with Crippen molar-refractivity contribution in [2.45, 2.75) is 52.9 Å². The molecule has 0 heterocycles. The summed E-state index contributed by atoms with van der Waals surface area (Å²) in [6, 6.07) is 14.4. The van der Waals surface area contributed by atoms with Crippen LogP contribution >= 0.6 is 0 Å². The van der Waals surface area contributed by atoms with Crippen LogP contribution in [0.25, 0.3) is 10.8 Å². The van der Waals surface area contributed by atoms with Gasteiger partial charge in [-0.1, -0.05) is 69.2 Å². The van der Waals surface area contributed by atoms with Gasteiger partial charge in [0.2, 0.25) is 0 Å². The molecule has 0 bridgehead atoms. The predicted molar refractivity (Wildman–Crippen MR) is 109 cm³/mol. The number of rotatable bonds is 6. The average Bonchev–Trinajstić information content (AvgIpc) is 2.63. The second-order valence-corrected chi connectivity index (χ2v) is 7.19. The fourth-order valence-corrected chi connectivity index (χ4v) is 3.81. The van der Waals surface area contributed by atoms with Crippen molar-refractivity contribution in [3.8, 4) is 11.5 Å². The largest absolute Gasteiger partial charge is 0.507 e. The first-order valence-electron chi connectivity index (χ1n) is 9.59. The summed E-state index contributed by atoms with van der Waals surface area (Å²) in [5, 5.41) is 22.9. The molecular formula is C24H28O2. The van der Waals surface area contributed by atoms with E-state index in [4.69, 9.17) is 0 Å². The lowest BCUT2D eigenvalue weighted by molar-refractivity contribution is 0.459. The highest BCUT2D eigenvalue weighted by atomic mass is 16.3. The molecule has 0 spiro atoms. The maximum absolute atomic E-state index is 10.6. The Labute approximate surface area is 156 Å². The molecule has 0 aliphatic heterocycles. The van der Waals surface area contributed by atoms with Gasteiger partial charge in [0.15, 0.2) is 0 Å². The molecule has 2 heteroatoms. The fourth-order valence-electron chi connectivity index (χ4n) is 3.81. The molecule has 2 nitrogen and oxygen atoms in total. The maximum Gasteiger partial charge on any atom is 0.126 e. The minimum Gasteiger partial charge on any atom is -0.507 e. The maximum atomic E-state index is 10.6. The van der Waals surface area contributed by atoms with Crippen LogP contribution in [-0.4, -0.2) is 10.2 Å². The van der Waals surface area contributed by atoms with Gasteiger partial charge in [0.05, 0.1) is 0 Å². The molecule has 136 valence electrons. The van der Waals surface area contributed by atoms with Gasteiger partial charge in [-0.05, 0) is 59.4 Å². The van der Waals surface area contributed by atoms with E-state index in [1.165, 1.54) is 11.1 Å². The first kappa shape index (κ1) is 18.3. The van der Waals surface area contributed by atoms with E-state index in [1.54, 1.807) is 0 Å². The summed E-state index contributed by atoms with van der Waals surface area (Å²) in [6.07, 6.45) is 4.63. The number of phenolic OH excluding ortho intramolecular Hbond substituents is 2. The Morgan fingerprint density at radius 3 is 1.88 bits per heavy atom. The monoisotopic (exact) mass is 348 g/mol. The van der Waals surface area contributed by atoms with Crippen molar-refractivity contribution in [1.82, 2.24) is 0 Å². The number of phenols is 2. The zero-order valence-corrected chi connectivity index (χ0v) is 16.0. The summed E-state index contributed by atoms with van der Waals surface area (Å²) in [6.45, 7) is 6.23. The van der Waals surface area contributed by atoms with E-state index in [1.807, 2.05) is 25.1 Å². The number of aryl methyl sites for hydroxylation is 3. The SMILES string of the molecule is CCCc1cc(Cc2cc(C)c(O)c3ccccc23)cc(CCC)c1O. The third kappa shape index (κ3) is 3.55. The first-order chi connectivity index (χ1) is 12.5. The summed E-state index contributed by atoms with van der Waals surface area (Å²) in [7, 11) is 0. The van der Waals surface area contributed by atoms with Crippen LogP contribution in [0.2, 0.25) is 0 Å². The average molecular weight is 348 g/mol. The third-order valence-electron chi connectivity index (χ3n) is 5.05. The second kappa shape index (κ2) is 7.82. The van der Waals surface area contributed by atoms with Crippen LogP contribution in [0.4, 0.5) is 0 Å². The van der Waals surface area contributed by atoms with Crippen LogP contribution in [-0.2, 0) is 19.3 Å². The molecule has 0 radical (unpaired) electrons. The summed E-state index contributed by atoms with van der Waals surface area (Å²) in [4.78, 5) is 0. The quantitative estimate of drug-likeness (QED) is 0.569. The van der Waals surface area contributed by atoms with E-state index >= 15 is 0 Å². The first-order valence-corrected chi connectivity index (χ1v) is 9.59. The van der Waals surface area contributed by atoms with Gasteiger partial charge in [0, 0.05) is 5.39 Å². The Hall–Kier alpha value is -2.48. The number of hydrogen-bond donors (Lipinski definition) is 2. The lowest BCUT2D eigenvalue weighted by Crippen LogP contribution is -1.98. The smallest absolute Gasteiger partial charge is 0.126 e. The summed E-state index contributed by atoms with van der Waals surface area (Å²) in [5.74, 6) is 0.845. The Morgan fingerprint density at radius 1 is 0.731 bits per heavy atom. The molecule has 0 aliphatic carbocycles. The normalized spacial score (nSPS) is 11.2. The molecule has 0 saturated heterocycles. The third-order valence-corrected chi connectivity index (χ3v) is 5.05. The van der Waals surface area contributed by atoms with Gasteiger partial charge in [-0.15, -0.1) is 0 Å². The van der Waals surface area contributed by atoms with Crippen molar-refractivity contribution >= 4 is 10.8 Å². The van der Waals surface area contributed by atoms with Gasteiger partial charge in [-0.25, -0.2) is 0 Å². The standard InChI is InChI=1S/C24H28O2/c1-4-8-18-13-17(14-19(9-5-2)24(18)26)15-20-12-16(3)23(25)22-11-7-6-10-21(20)22/h6-7,10-14,25-26H,4-5,8-9,15H2,1-3H3. The minimum atomic E-state index is 0.369. The van der Waals surface area contributed by atoms with Gasteiger partial charge >= 0.3 is 0 Å². The van der Waals surface area contributed by atoms with Crippen molar-refractivity contribution in [1.29, 1.82) is 0 Å². The molecule has 0 atom stereocenters. The van der Waals surface area contributed by atoms with Gasteiger partial charge in [-0.2, -0.15) is 0 Å². The summed E-state index contributed by atoms with van der Waals surface area (Å²) >= 11 is 0. The Kier molecular flexibility index (Phi) is 5.51. The Bertz CT molecular complexity index is 898. The lowest BCUT2D eigenvalue weighted by Gasteiger charge is -2.15. The molecule has 2 N–H and O–H groups in total. The van der Waals surface area contributed by atoms with Crippen molar-refractivity contribution in [2.24, 2.45) is 0 Å². The molecule has 0 saturated carbocycles. The van der Waals surface area contributed by atoms with Crippen molar-refractivity contribution in [2.75, 3.05) is 0 Å². The van der Waals surface area contributed by atoms with E-state index < -0.39 is 0 Å². The van der Waals surface area contributed by atoms with Crippen LogP contribution in [0.1, 0.15) is 54.5 Å². The number of benzene rings is 3. The van der Waals surface area contributed by atoms with Crippen molar-refractivity contribution in [3.05, 3.63) is 70.3 Å². The van der Waals surface area contributed by atoms with Crippen molar-refractivity contribution < 1.29 is 10.2 Å². The minimum absolute atomic E-state index is 0.369. The van der Waals surface area contributed by atoms with Crippen LogP contribution in [0.3, 0.4) is 0 Å². The second-order valence-electron chi connectivity index (χ2n) is 7.19. The number of fused-ring (bicyclic) bond motifs is 1. The molecule has 0 amide bonds. The number of hydrogen-bond acceptors (Lipinski definition) is 2. The van der Waals surface area contributed by atoms with E-state index in [-0.39, 0.29) is 0 Å². The molecule has 26 heavy (non-hydrogen) atoms. The van der Waals surface area contributed by atoms with E-state index in [0.29, 0.717) is 11.5 Å². The van der Waals surface area contributed by atoms with Crippen LogP contribution in [0, 0.1) is 6.92 Å². The topological polar surface area (TPSA) is 40.5 Å². The van der Waals surface area contributed by atoms with Gasteiger partial charge < -0.3 is 10.2 Å². The fraction of sp³-hybridized carbons (Fsp3) is 0.333. The summed E-state index contributed by atoms with van der Waals surface area (Å²) in [5.41, 5.74) is 5.44. The van der Waals surface area contributed by atoms with E-state index in [0.717, 1.165) is 59.6 Å². The van der Waals surface area contributed by atoms with Gasteiger partial charge in [0.1, 0.15) is 11.5 Å².